The van der Waals surface area contributed by atoms with E-state index in [1.54, 1.807) is 11.8 Å². The monoisotopic (exact) mass is 297 g/mol. The van der Waals surface area contributed by atoms with E-state index in [1.807, 2.05) is 25.7 Å². The summed E-state index contributed by atoms with van der Waals surface area (Å²) in [5, 5.41) is 0. The Hall–Kier alpha value is 0.390. The van der Waals surface area contributed by atoms with Crippen molar-refractivity contribution in [3.63, 3.8) is 0 Å². The third-order valence-electron chi connectivity index (χ3n) is 2.53. The molecule has 100 valence electrons. The molecule has 0 aromatic carbocycles. The standard InChI is InChI=1S/C10H20NO3PS2/c1-4-13-15(12,14-5-2)9(3)11-7-6-8-17-10(11)16/h9H,4-8H2,1-3H3. The lowest BCUT2D eigenvalue weighted by Gasteiger charge is -2.37. The maximum atomic E-state index is 12.6. The topological polar surface area (TPSA) is 38.8 Å². The predicted molar refractivity (Wildman–Crippen MR) is 76.7 cm³/mol. The number of thioether (sulfide) groups is 1. The molecule has 0 N–H and O–H groups in total. The zero-order valence-corrected chi connectivity index (χ0v) is 13.1. The van der Waals surface area contributed by atoms with Gasteiger partial charge in [0.25, 0.3) is 0 Å². The van der Waals surface area contributed by atoms with Crippen LogP contribution in [0.5, 0.6) is 0 Å². The lowest BCUT2D eigenvalue weighted by atomic mass is 10.4. The number of nitrogens with zero attached hydrogens (tertiary/aromatic N) is 1. The Labute approximate surface area is 113 Å². The Morgan fingerprint density at radius 1 is 1.47 bits per heavy atom. The van der Waals surface area contributed by atoms with Gasteiger partial charge in [-0.05, 0) is 27.2 Å². The summed E-state index contributed by atoms with van der Waals surface area (Å²) in [5.74, 6) is 0.734. The minimum absolute atomic E-state index is 0.303. The van der Waals surface area contributed by atoms with Crippen LogP contribution in [0.1, 0.15) is 27.2 Å². The minimum atomic E-state index is -3.09. The lowest BCUT2D eigenvalue weighted by Crippen LogP contribution is -2.40. The van der Waals surface area contributed by atoms with Gasteiger partial charge < -0.3 is 13.9 Å². The highest BCUT2D eigenvalue weighted by molar-refractivity contribution is 8.23. The number of hydrogen-bond acceptors (Lipinski definition) is 5. The average Bonchev–Trinajstić information content (AvgIpc) is 2.29. The van der Waals surface area contributed by atoms with E-state index >= 15 is 0 Å². The molecule has 1 aliphatic heterocycles. The van der Waals surface area contributed by atoms with Gasteiger partial charge in [-0.1, -0.05) is 24.0 Å². The van der Waals surface area contributed by atoms with Crippen LogP contribution < -0.4 is 0 Å². The Morgan fingerprint density at radius 2 is 2.06 bits per heavy atom. The van der Waals surface area contributed by atoms with Gasteiger partial charge in [0.15, 0.2) is 0 Å². The van der Waals surface area contributed by atoms with Gasteiger partial charge in [0.1, 0.15) is 10.1 Å². The van der Waals surface area contributed by atoms with Crippen LogP contribution in [0, 0.1) is 0 Å². The molecule has 1 aliphatic rings. The largest absolute Gasteiger partial charge is 0.352 e. The summed E-state index contributed by atoms with van der Waals surface area (Å²) in [4.78, 5) is 1.97. The van der Waals surface area contributed by atoms with E-state index < -0.39 is 7.60 Å². The van der Waals surface area contributed by atoms with E-state index in [-0.39, 0.29) is 5.78 Å². The molecule has 0 saturated carbocycles. The molecule has 0 radical (unpaired) electrons. The van der Waals surface area contributed by atoms with Gasteiger partial charge in [0, 0.05) is 12.3 Å². The lowest BCUT2D eigenvalue weighted by molar-refractivity contribution is 0.195. The highest BCUT2D eigenvalue weighted by atomic mass is 32.2. The molecule has 0 aromatic heterocycles. The summed E-state index contributed by atoms with van der Waals surface area (Å²) >= 11 is 6.93. The second kappa shape index (κ2) is 7.10. The number of rotatable bonds is 6. The molecular formula is C10H20NO3PS2. The van der Waals surface area contributed by atoms with E-state index in [9.17, 15) is 4.57 Å². The SMILES string of the molecule is CCOP(=O)(OCC)C(C)N1CCCSC1=S. The van der Waals surface area contributed by atoms with E-state index in [4.69, 9.17) is 21.3 Å². The quantitative estimate of drug-likeness (QED) is 0.553. The Bertz CT molecular complexity index is 304. The normalized spacial score (nSPS) is 19.5. The summed E-state index contributed by atoms with van der Waals surface area (Å²) in [6, 6.07) is 0. The Morgan fingerprint density at radius 3 is 2.53 bits per heavy atom. The van der Waals surface area contributed by atoms with E-state index in [0.717, 1.165) is 23.0 Å². The molecule has 0 bridgehead atoms. The molecule has 1 rings (SSSR count). The first-order valence-corrected chi connectivity index (χ1v) is 8.88. The smallest absolute Gasteiger partial charge is 0.343 e. The van der Waals surface area contributed by atoms with Crippen molar-refractivity contribution in [1.29, 1.82) is 0 Å². The van der Waals surface area contributed by atoms with Crippen LogP contribution in [0.25, 0.3) is 0 Å². The highest BCUT2D eigenvalue weighted by Crippen LogP contribution is 2.54. The summed E-state index contributed by atoms with van der Waals surface area (Å²) < 4.78 is 24.1. The van der Waals surface area contributed by atoms with Crippen LogP contribution in [0.4, 0.5) is 0 Å². The van der Waals surface area contributed by atoms with Gasteiger partial charge >= 0.3 is 7.60 Å². The maximum Gasteiger partial charge on any atom is 0.352 e. The molecule has 0 amide bonds. The molecule has 1 saturated heterocycles. The molecule has 0 aromatic rings. The van der Waals surface area contributed by atoms with Crippen molar-refractivity contribution in [2.45, 2.75) is 33.0 Å². The van der Waals surface area contributed by atoms with Crippen LogP contribution in [0.15, 0.2) is 0 Å². The summed E-state index contributed by atoms with van der Waals surface area (Å²) in [6.07, 6.45) is 1.05. The average molecular weight is 297 g/mol. The first-order chi connectivity index (χ1) is 8.05. The van der Waals surface area contributed by atoms with Gasteiger partial charge in [-0.25, -0.2) is 0 Å². The molecule has 7 heteroatoms. The zero-order valence-electron chi connectivity index (χ0n) is 10.5. The number of hydrogen-bond donors (Lipinski definition) is 0. The fraction of sp³-hybridized carbons (Fsp3) is 0.900. The van der Waals surface area contributed by atoms with Crippen LogP contribution >= 0.6 is 31.6 Å². The third kappa shape index (κ3) is 3.93. The molecular weight excluding hydrogens is 277 g/mol. The van der Waals surface area contributed by atoms with Crippen molar-refractivity contribution >= 4 is 35.9 Å². The van der Waals surface area contributed by atoms with Gasteiger partial charge in [0.2, 0.25) is 0 Å². The fourth-order valence-corrected chi connectivity index (χ4v) is 5.01. The zero-order chi connectivity index (χ0) is 12.9. The summed E-state index contributed by atoms with van der Waals surface area (Å²) in [5.41, 5.74) is 0. The molecule has 1 atom stereocenters. The second-order valence-corrected chi connectivity index (χ2v) is 7.74. The van der Waals surface area contributed by atoms with E-state index in [0.29, 0.717) is 13.2 Å². The summed E-state index contributed by atoms with van der Waals surface area (Å²) in [7, 11) is -3.09. The first kappa shape index (κ1) is 15.4. The first-order valence-electron chi connectivity index (χ1n) is 5.87. The van der Waals surface area contributed by atoms with E-state index in [2.05, 4.69) is 0 Å². The Balaban J connectivity index is 2.79. The predicted octanol–water partition coefficient (Wildman–Crippen LogP) is 3.32. The maximum absolute atomic E-state index is 12.6. The minimum Gasteiger partial charge on any atom is -0.343 e. The molecule has 4 nitrogen and oxygen atoms in total. The fourth-order valence-electron chi connectivity index (χ4n) is 1.69. The van der Waals surface area contributed by atoms with Crippen molar-refractivity contribution in [1.82, 2.24) is 4.90 Å². The summed E-state index contributed by atoms with van der Waals surface area (Å²) in [6.45, 7) is 7.11. The van der Waals surface area contributed by atoms with E-state index in [1.165, 1.54) is 0 Å². The van der Waals surface area contributed by atoms with Crippen molar-refractivity contribution < 1.29 is 13.6 Å². The van der Waals surface area contributed by atoms with Gasteiger partial charge in [0.05, 0.1) is 13.2 Å². The Kier molecular flexibility index (Phi) is 6.45. The van der Waals surface area contributed by atoms with Crippen LogP contribution in [0.2, 0.25) is 0 Å². The van der Waals surface area contributed by atoms with Gasteiger partial charge in [-0.3, -0.25) is 4.57 Å². The van der Waals surface area contributed by atoms with Crippen LogP contribution in [-0.4, -0.2) is 40.5 Å². The molecule has 17 heavy (non-hydrogen) atoms. The van der Waals surface area contributed by atoms with Crippen molar-refractivity contribution in [2.24, 2.45) is 0 Å². The van der Waals surface area contributed by atoms with Gasteiger partial charge in [-0.15, -0.1) is 0 Å². The molecule has 0 aliphatic carbocycles. The second-order valence-electron chi connectivity index (χ2n) is 3.67. The third-order valence-corrected chi connectivity index (χ3v) is 6.52. The molecule has 1 fully saturated rings. The van der Waals surface area contributed by atoms with Crippen LogP contribution in [0.3, 0.4) is 0 Å². The van der Waals surface area contributed by atoms with Gasteiger partial charge in [-0.2, -0.15) is 0 Å². The highest BCUT2D eigenvalue weighted by Gasteiger charge is 2.38. The van der Waals surface area contributed by atoms with Crippen molar-refractivity contribution in [3.8, 4) is 0 Å². The van der Waals surface area contributed by atoms with Crippen LogP contribution in [-0.2, 0) is 13.6 Å². The van der Waals surface area contributed by atoms with Crippen molar-refractivity contribution in [3.05, 3.63) is 0 Å². The molecule has 1 unspecified atom stereocenters. The molecule has 1 heterocycles. The number of thiocarbonyl (C=S) groups is 1. The van der Waals surface area contributed by atoms with Crippen molar-refractivity contribution in [2.75, 3.05) is 25.5 Å². The molecule has 0 spiro atoms.